The highest BCUT2D eigenvalue weighted by Crippen LogP contribution is 2.29. The minimum Gasteiger partial charge on any atom is -0.506 e. The number of nitrogens with two attached hydrogens (primary N) is 1. The smallest absolute Gasteiger partial charge is 0.146 e. The average molecular weight is 230 g/mol. The van der Waals surface area contributed by atoms with Gasteiger partial charge in [-0.25, -0.2) is 0 Å². The number of hydrogen-bond acceptors (Lipinski definition) is 4. The zero-order valence-corrected chi connectivity index (χ0v) is 9.34. The van der Waals surface area contributed by atoms with Gasteiger partial charge < -0.3 is 15.6 Å². The van der Waals surface area contributed by atoms with Crippen LogP contribution in [0.1, 0.15) is 5.56 Å². The van der Waals surface area contributed by atoms with E-state index in [9.17, 15) is 5.11 Å². The largest absolute Gasteiger partial charge is 0.506 e. The Morgan fingerprint density at radius 1 is 1.18 bits per heavy atom. The van der Waals surface area contributed by atoms with Crippen molar-refractivity contribution >= 4 is 5.69 Å². The molecule has 0 radical (unpaired) electrons. The van der Waals surface area contributed by atoms with E-state index >= 15 is 0 Å². The number of nitrogen functional groups attached to an aromatic ring is 1. The summed E-state index contributed by atoms with van der Waals surface area (Å²) in [4.78, 5) is 3.94. The van der Waals surface area contributed by atoms with Crippen molar-refractivity contribution in [1.29, 1.82) is 0 Å². The van der Waals surface area contributed by atoms with Crippen LogP contribution in [-0.4, -0.2) is 16.7 Å². The third-order valence-electron chi connectivity index (χ3n) is 2.44. The summed E-state index contributed by atoms with van der Waals surface area (Å²) in [5.41, 5.74) is 7.11. The molecular weight excluding hydrogens is 216 g/mol. The molecule has 0 saturated carbocycles. The van der Waals surface area contributed by atoms with Crippen LogP contribution >= 0.6 is 0 Å². The van der Waals surface area contributed by atoms with E-state index in [-0.39, 0.29) is 11.4 Å². The van der Waals surface area contributed by atoms with Crippen molar-refractivity contribution in [3.8, 4) is 11.5 Å². The molecule has 0 spiro atoms. The fourth-order valence-corrected chi connectivity index (χ4v) is 1.49. The fourth-order valence-electron chi connectivity index (χ4n) is 1.49. The number of phenolic OH excluding ortho intramolecular Hbond substituents is 1. The quantitative estimate of drug-likeness (QED) is 0.622. The SMILES string of the molecule is Nc1c(O)cccc1OCCc1ccncc1. The van der Waals surface area contributed by atoms with Crippen LogP contribution in [0.4, 0.5) is 5.69 Å². The van der Waals surface area contributed by atoms with Crippen molar-refractivity contribution in [3.63, 3.8) is 0 Å². The summed E-state index contributed by atoms with van der Waals surface area (Å²) in [6.45, 7) is 0.512. The predicted molar refractivity (Wildman–Crippen MR) is 66.0 cm³/mol. The second-order valence-electron chi connectivity index (χ2n) is 3.64. The van der Waals surface area contributed by atoms with Gasteiger partial charge in [0, 0.05) is 18.8 Å². The van der Waals surface area contributed by atoms with Crippen LogP contribution in [0, 0.1) is 0 Å². The Labute approximate surface area is 99.7 Å². The molecule has 0 amide bonds. The molecule has 0 atom stereocenters. The van der Waals surface area contributed by atoms with Crippen LogP contribution in [0.15, 0.2) is 42.7 Å². The number of para-hydroxylation sites is 1. The molecule has 0 aliphatic heterocycles. The Morgan fingerprint density at radius 3 is 2.71 bits per heavy atom. The highest BCUT2D eigenvalue weighted by molar-refractivity contribution is 5.61. The van der Waals surface area contributed by atoms with Gasteiger partial charge in [-0.1, -0.05) is 6.07 Å². The molecule has 1 heterocycles. The number of hydrogen-bond donors (Lipinski definition) is 2. The van der Waals surface area contributed by atoms with E-state index in [0.717, 1.165) is 12.0 Å². The first-order valence-corrected chi connectivity index (χ1v) is 5.36. The first-order chi connectivity index (χ1) is 8.27. The molecule has 4 nitrogen and oxygen atoms in total. The van der Waals surface area contributed by atoms with Crippen LogP contribution in [0.5, 0.6) is 11.5 Å². The van der Waals surface area contributed by atoms with Gasteiger partial charge in [0.05, 0.1) is 6.61 Å². The van der Waals surface area contributed by atoms with E-state index in [1.807, 2.05) is 12.1 Å². The lowest BCUT2D eigenvalue weighted by Crippen LogP contribution is -2.03. The molecule has 0 aliphatic carbocycles. The summed E-state index contributed by atoms with van der Waals surface area (Å²) in [6.07, 6.45) is 4.27. The third kappa shape index (κ3) is 2.87. The minimum absolute atomic E-state index is 0.0476. The molecule has 17 heavy (non-hydrogen) atoms. The van der Waals surface area contributed by atoms with Crippen LogP contribution < -0.4 is 10.5 Å². The van der Waals surface area contributed by atoms with Gasteiger partial charge in [0.1, 0.15) is 17.2 Å². The second kappa shape index (κ2) is 5.21. The van der Waals surface area contributed by atoms with Crippen LogP contribution in [-0.2, 0) is 6.42 Å². The topological polar surface area (TPSA) is 68.4 Å². The van der Waals surface area contributed by atoms with Crippen LogP contribution in [0.25, 0.3) is 0 Å². The number of nitrogens with zero attached hydrogens (tertiary/aromatic N) is 1. The zero-order chi connectivity index (χ0) is 12.1. The molecule has 3 N–H and O–H groups in total. The molecular formula is C13H14N2O2. The van der Waals surface area contributed by atoms with E-state index < -0.39 is 0 Å². The molecule has 88 valence electrons. The standard InChI is InChI=1S/C13H14N2O2/c14-13-11(16)2-1-3-12(13)17-9-6-10-4-7-15-8-5-10/h1-5,7-8,16H,6,9,14H2. The first kappa shape index (κ1) is 11.3. The summed E-state index contributed by atoms with van der Waals surface area (Å²) in [7, 11) is 0. The molecule has 2 aromatic rings. The number of anilines is 1. The molecule has 4 heteroatoms. The van der Waals surface area contributed by atoms with Gasteiger partial charge in [-0.2, -0.15) is 0 Å². The van der Waals surface area contributed by atoms with Gasteiger partial charge in [0.25, 0.3) is 0 Å². The number of benzene rings is 1. The van der Waals surface area contributed by atoms with E-state index in [4.69, 9.17) is 10.5 Å². The molecule has 2 rings (SSSR count). The van der Waals surface area contributed by atoms with Crippen LogP contribution in [0.3, 0.4) is 0 Å². The minimum atomic E-state index is 0.0476. The number of pyridine rings is 1. The van der Waals surface area contributed by atoms with Gasteiger partial charge in [0.2, 0.25) is 0 Å². The van der Waals surface area contributed by atoms with Crippen molar-refractivity contribution in [2.45, 2.75) is 6.42 Å². The van der Waals surface area contributed by atoms with Gasteiger partial charge in [-0.05, 0) is 29.8 Å². The highest BCUT2D eigenvalue weighted by Gasteiger charge is 2.04. The maximum Gasteiger partial charge on any atom is 0.146 e. The monoisotopic (exact) mass is 230 g/mol. The van der Waals surface area contributed by atoms with E-state index in [2.05, 4.69) is 4.98 Å². The lowest BCUT2D eigenvalue weighted by molar-refractivity contribution is 0.322. The summed E-state index contributed by atoms with van der Waals surface area (Å²) >= 11 is 0. The van der Waals surface area contributed by atoms with Crippen molar-refractivity contribution in [2.24, 2.45) is 0 Å². The van der Waals surface area contributed by atoms with Gasteiger partial charge >= 0.3 is 0 Å². The van der Waals surface area contributed by atoms with E-state index in [1.165, 1.54) is 6.07 Å². The second-order valence-corrected chi connectivity index (χ2v) is 3.64. The maximum absolute atomic E-state index is 9.40. The van der Waals surface area contributed by atoms with Crippen molar-refractivity contribution in [3.05, 3.63) is 48.3 Å². The van der Waals surface area contributed by atoms with E-state index in [1.54, 1.807) is 24.5 Å². The lowest BCUT2D eigenvalue weighted by atomic mass is 10.2. The number of ether oxygens (including phenoxy) is 1. The fraction of sp³-hybridized carbons (Fsp3) is 0.154. The molecule has 1 aromatic heterocycles. The summed E-state index contributed by atoms with van der Waals surface area (Å²) < 4.78 is 5.52. The van der Waals surface area contributed by atoms with Crippen molar-refractivity contribution in [1.82, 2.24) is 4.98 Å². The van der Waals surface area contributed by atoms with E-state index in [0.29, 0.717) is 12.4 Å². The Bertz CT molecular complexity index is 486. The Hall–Kier alpha value is -2.23. The molecule has 0 bridgehead atoms. The summed E-state index contributed by atoms with van der Waals surface area (Å²) in [6, 6.07) is 8.85. The number of aromatic nitrogens is 1. The van der Waals surface area contributed by atoms with Crippen molar-refractivity contribution in [2.75, 3.05) is 12.3 Å². The Kier molecular flexibility index (Phi) is 3.45. The number of rotatable bonds is 4. The number of phenols is 1. The zero-order valence-electron chi connectivity index (χ0n) is 9.34. The highest BCUT2D eigenvalue weighted by atomic mass is 16.5. The summed E-state index contributed by atoms with van der Waals surface area (Å²) in [5, 5.41) is 9.40. The van der Waals surface area contributed by atoms with Gasteiger partial charge in [0.15, 0.2) is 0 Å². The Morgan fingerprint density at radius 2 is 1.94 bits per heavy atom. The summed E-state index contributed by atoms with van der Waals surface area (Å²) in [5.74, 6) is 0.561. The van der Waals surface area contributed by atoms with Crippen LogP contribution in [0.2, 0.25) is 0 Å². The molecule has 0 saturated heterocycles. The van der Waals surface area contributed by atoms with Gasteiger partial charge in [-0.3, -0.25) is 4.98 Å². The molecule has 0 fully saturated rings. The Balaban J connectivity index is 1.93. The lowest BCUT2D eigenvalue weighted by Gasteiger charge is -2.09. The maximum atomic E-state index is 9.40. The molecule has 1 aromatic carbocycles. The normalized spacial score (nSPS) is 10.1. The average Bonchev–Trinajstić information content (AvgIpc) is 2.36. The first-order valence-electron chi connectivity index (χ1n) is 5.36. The molecule has 0 unspecified atom stereocenters. The number of aromatic hydroxyl groups is 1. The predicted octanol–water partition coefficient (Wildman–Crippen LogP) is 1.99. The molecule has 0 aliphatic rings. The van der Waals surface area contributed by atoms with Gasteiger partial charge in [-0.15, -0.1) is 0 Å². The van der Waals surface area contributed by atoms with Crippen molar-refractivity contribution < 1.29 is 9.84 Å². The third-order valence-corrected chi connectivity index (χ3v) is 2.44.